The Kier molecular flexibility index (Phi) is 4.46. The number of hydrogen-bond donors (Lipinski definition) is 1. The highest BCUT2D eigenvalue weighted by molar-refractivity contribution is 5.70. The summed E-state index contributed by atoms with van der Waals surface area (Å²) in [4.78, 5) is 1.75. The van der Waals surface area contributed by atoms with Crippen molar-refractivity contribution in [1.29, 1.82) is 10.5 Å². The van der Waals surface area contributed by atoms with Gasteiger partial charge < -0.3 is 5.73 Å². The summed E-state index contributed by atoms with van der Waals surface area (Å²) >= 11 is 0. The van der Waals surface area contributed by atoms with Gasteiger partial charge in [0.05, 0.1) is 23.3 Å². The summed E-state index contributed by atoms with van der Waals surface area (Å²) in [5.41, 5.74) is 9.71. The Morgan fingerprint density at radius 3 is 2.52 bits per heavy atom. The summed E-state index contributed by atoms with van der Waals surface area (Å²) in [5.74, 6) is 0.589. The maximum absolute atomic E-state index is 13.2. The van der Waals surface area contributed by atoms with Crippen molar-refractivity contribution in [2.75, 3.05) is 10.6 Å². The van der Waals surface area contributed by atoms with Crippen LogP contribution in [0.15, 0.2) is 59.8 Å². The molecule has 1 aliphatic rings. The van der Waals surface area contributed by atoms with Gasteiger partial charge in [-0.15, -0.1) is 10.2 Å². The molecular formula is C21H16FN7. The second-order valence-corrected chi connectivity index (χ2v) is 6.61. The van der Waals surface area contributed by atoms with Gasteiger partial charge in [0.25, 0.3) is 0 Å². The van der Waals surface area contributed by atoms with Gasteiger partial charge >= 0.3 is 0 Å². The molecule has 4 rings (SSSR count). The standard InChI is InChI=1S/C21H16FN7/c1-13-18(12-24)19(16-7-5-14(11-23)6-8-16)29-20(25)26-27-21(29)28(13)17-4-2-3-15(9-17)10-22/h2-9,19H,10H2,1H3,(H2,25,26). The van der Waals surface area contributed by atoms with E-state index < -0.39 is 12.7 Å². The van der Waals surface area contributed by atoms with Crippen molar-refractivity contribution in [3.05, 3.63) is 76.5 Å². The Morgan fingerprint density at radius 2 is 1.86 bits per heavy atom. The first-order valence-corrected chi connectivity index (χ1v) is 8.85. The molecule has 0 spiro atoms. The van der Waals surface area contributed by atoms with E-state index in [2.05, 4.69) is 22.3 Å². The molecule has 2 N–H and O–H groups in total. The normalized spacial score (nSPS) is 15.6. The number of rotatable bonds is 3. The monoisotopic (exact) mass is 385 g/mol. The lowest BCUT2D eigenvalue weighted by Gasteiger charge is -2.35. The number of fused-ring (bicyclic) bond motifs is 1. The molecule has 1 aliphatic heterocycles. The average Bonchev–Trinajstić information content (AvgIpc) is 3.13. The van der Waals surface area contributed by atoms with Crippen LogP contribution in [0.25, 0.3) is 0 Å². The number of alkyl halides is 1. The second kappa shape index (κ2) is 7.10. The molecule has 0 bridgehead atoms. The first-order valence-electron chi connectivity index (χ1n) is 8.85. The molecule has 0 radical (unpaired) electrons. The smallest absolute Gasteiger partial charge is 0.238 e. The summed E-state index contributed by atoms with van der Waals surface area (Å²) in [6, 6.07) is 17.8. The molecule has 8 heteroatoms. The fourth-order valence-electron chi connectivity index (χ4n) is 3.58. The van der Waals surface area contributed by atoms with Gasteiger partial charge in [0.2, 0.25) is 11.9 Å². The largest absolute Gasteiger partial charge is 0.368 e. The lowest BCUT2D eigenvalue weighted by atomic mass is 9.94. The minimum atomic E-state index is -0.599. The van der Waals surface area contributed by atoms with E-state index in [1.807, 2.05) is 13.0 Å². The predicted molar refractivity (Wildman–Crippen MR) is 105 cm³/mol. The van der Waals surface area contributed by atoms with Gasteiger partial charge in [0.15, 0.2) is 0 Å². The Bertz CT molecular complexity index is 1200. The molecule has 1 atom stereocenters. The van der Waals surface area contributed by atoms with Crippen molar-refractivity contribution in [3.8, 4) is 12.1 Å². The van der Waals surface area contributed by atoms with Gasteiger partial charge in [-0.25, -0.2) is 4.39 Å². The fraction of sp³-hybridized carbons (Fsp3) is 0.143. The number of nitriles is 2. The molecule has 0 saturated carbocycles. The molecule has 142 valence electrons. The van der Waals surface area contributed by atoms with Crippen LogP contribution in [0.2, 0.25) is 0 Å². The van der Waals surface area contributed by atoms with E-state index in [4.69, 9.17) is 11.0 Å². The number of benzene rings is 2. The van der Waals surface area contributed by atoms with Crippen LogP contribution in [0.5, 0.6) is 0 Å². The van der Waals surface area contributed by atoms with Crippen LogP contribution in [-0.2, 0) is 6.67 Å². The zero-order chi connectivity index (χ0) is 20.5. The van der Waals surface area contributed by atoms with Gasteiger partial charge in [-0.1, -0.05) is 24.3 Å². The molecule has 0 saturated heterocycles. The summed E-state index contributed by atoms with van der Waals surface area (Å²) in [6.45, 7) is 1.21. The van der Waals surface area contributed by atoms with Crippen molar-refractivity contribution in [2.24, 2.45) is 0 Å². The van der Waals surface area contributed by atoms with E-state index in [9.17, 15) is 9.65 Å². The zero-order valence-electron chi connectivity index (χ0n) is 15.5. The Balaban J connectivity index is 1.94. The Hall–Kier alpha value is -4.17. The van der Waals surface area contributed by atoms with Crippen molar-refractivity contribution >= 4 is 17.6 Å². The number of halogens is 1. The van der Waals surface area contributed by atoms with Crippen molar-refractivity contribution in [3.63, 3.8) is 0 Å². The van der Waals surface area contributed by atoms with Crippen LogP contribution >= 0.6 is 0 Å². The number of hydrogen-bond acceptors (Lipinski definition) is 6. The molecule has 3 aromatic rings. The molecule has 29 heavy (non-hydrogen) atoms. The molecule has 1 aromatic heterocycles. The third kappa shape index (κ3) is 2.88. The molecular weight excluding hydrogens is 369 g/mol. The van der Waals surface area contributed by atoms with Gasteiger partial charge in [0, 0.05) is 11.4 Å². The van der Waals surface area contributed by atoms with E-state index >= 15 is 0 Å². The maximum atomic E-state index is 13.2. The van der Waals surface area contributed by atoms with E-state index in [0.717, 1.165) is 5.56 Å². The van der Waals surface area contributed by atoms with E-state index in [1.54, 1.807) is 51.9 Å². The summed E-state index contributed by atoms with van der Waals surface area (Å²) in [5, 5.41) is 27.3. The third-order valence-corrected chi connectivity index (χ3v) is 4.96. The number of nitrogen functional groups attached to an aromatic ring is 1. The number of nitrogens with two attached hydrogens (primary N) is 1. The van der Waals surface area contributed by atoms with Gasteiger partial charge in [-0.2, -0.15) is 10.5 Å². The highest BCUT2D eigenvalue weighted by atomic mass is 19.1. The first-order chi connectivity index (χ1) is 14.1. The number of anilines is 3. The summed E-state index contributed by atoms with van der Waals surface area (Å²) in [7, 11) is 0. The van der Waals surface area contributed by atoms with Crippen molar-refractivity contribution in [2.45, 2.75) is 19.6 Å². The number of aromatic nitrogens is 3. The molecule has 2 heterocycles. The van der Waals surface area contributed by atoms with E-state index in [0.29, 0.717) is 34.0 Å². The first kappa shape index (κ1) is 18.2. The minimum Gasteiger partial charge on any atom is -0.368 e. The lowest BCUT2D eigenvalue weighted by molar-refractivity contribution is 0.485. The Morgan fingerprint density at radius 1 is 1.10 bits per heavy atom. The van der Waals surface area contributed by atoms with Gasteiger partial charge in [-0.3, -0.25) is 9.47 Å². The summed E-state index contributed by atoms with van der Waals surface area (Å²) < 4.78 is 14.9. The topological polar surface area (TPSA) is 108 Å². The molecule has 7 nitrogen and oxygen atoms in total. The highest BCUT2D eigenvalue weighted by Gasteiger charge is 2.36. The van der Waals surface area contributed by atoms with E-state index in [-0.39, 0.29) is 5.95 Å². The zero-order valence-corrected chi connectivity index (χ0v) is 15.5. The summed E-state index contributed by atoms with van der Waals surface area (Å²) in [6.07, 6.45) is 0. The molecule has 0 fully saturated rings. The van der Waals surface area contributed by atoms with Crippen LogP contribution in [0.3, 0.4) is 0 Å². The minimum absolute atomic E-state index is 0.154. The SMILES string of the molecule is CC1=C(C#N)C(c2ccc(C#N)cc2)n2c(N)nnc2N1c1cccc(CF)c1. The second-order valence-electron chi connectivity index (χ2n) is 6.61. The van der Waals surface area contributed by atoms with Crippen LogP contribution in [0.1, 0.15) is 29.7 Å². The fourth-order valence-corrected chi connectivity index (χ4v) is 3.58. The quantitative estimate of drug-likeness (QED) is 0.736. The van der Waals surface area contributed by atoms with Crippen LogP contribution in [0, 0.1) is 22.7 Å². The van der Waals surface area contributed by atoms with Gasteiger partial charge in [-0.05, 0) is 42.3 Å². The average molecular weight is 385 g/mol. The van der Waals surface area contributed by atoms with Crippen LogP contribution < -0.4 is 10.6 Å². The number of nitrogens with zero attached hydrogens (tertiary/aromatic N) is 6. The molecule has 1 unspecified atom stereocenters. The molecule has 2 aromatic carbocycles. The lowest BCUT2D eigenvalue weighted by Crippen LogP contribution is -2.30. The van der Waals surface area contributed by atoms with Crippen LogP contribution in [-0.4, -0.2) is 14.8 Å². The van der Waals surface area contributed by atoms with E-state index in [1.165, 1.54) is 0 Å². The molecule has 0 amide bonds. The molecule has 0 aliphatic carbocycles. The van der Waals surface area contributed by atoms with Crippen LogP contribution in [0.4, 0.5) is 22.0 Å². The predicted octanol–water partition coefficient (Wildman–Crippen LogP) is 3.74. The third-order valence-electron chi connectivity index (χ3n) is 4.96. The number of allylic oxidation sites excluding steroid dienone is 2. The van der Waals surface area contributed by atoms with Crippen molar-refractivity contribution in [1.82, 2.24) is 14.8 Å². The highest BCUT2D eigenvalue weighted by Crippen LogP contribution is 2.43. The maximum Gasteiger partial charge on any atom is 0.238 e. The Labute approximate surface area is 166 Å². The van der Waals surface area contributed by atoms with Gasteiger partial charge in [0.1, 0.15) is 12.7 Å². The van der Waals surface area contributed by atoms with Crippen molar-refractivity contribution < 1.29 is 4.39 Å².